The molecule has 0 bridgehead atoms. The summed E-state index contributed by atoms with van der Waals surface area (Å²) in [6.07, 6.45) is 0.791. The average molecular weight is 420 g/mol. The number of fused-ring (bicyclic) bond motifs is 1. The van der Waals surface area contributed by atoms with E-state index >= 15 is 0 Å². The summed E-state index contributed by atoms with van der Waals surface area (Å²) < 4.78 is 11.5. The van der Waals surface area contributed by atoms with Crippen LogP contribution >= 0.6 is 11.8 Å². The number of methoxy groups -OCH3 is 1. The van der Waals surface area contributed by atoms with Crippen LogP contribution in [0, 0.1) is 0 Å². The van der Waals surface area contributed by atoms with Gasteiger partial charge in [0.25, 0.3) is 0 Å². The summed E-state index contributed by atoms with van der Waals surface area (Å²) in [7, 11) is 3.49. The Bertz CT molecular complexity index is 997. The lowest BCUT2D eigenvalue weighted by Gasteiger charge is -2.21. The standard InChI is InChI=1S/C25H25NO3S/c1-26(25(27)24-15-20-10-6-7-11-23(20)30-24)16-19-12-13-21(22(14-19)28-2)29-17-18-8-4-3-5-9-18/h3-14,24H,15-17H2,1-2H3. The van der Waals surface area contributed by atoms with Gasteiger partial charge in [-0.2, -0.15) is 0 Å². The maximum atomic E-state index is 12.9. The van der Waals surface area contributed by atoms with Crippen molar-refractivity contribution >= 4 is 17.7 Å². The monoisotopic (exact) mass is 419 g/mol. The highest BCUT2D eigenvalue weighted by Gasteiger charge is 2.30. The van der Waals surface area contributed by atoms with E-state index in [0.29, 0.717) is 24.7 Å². The Morgan fingerprint density at radius 1 is 1.00 bits per heavy atom. The van der Waals surface area contributed by atoms with Crippen molar-refractivity contribution in [2.24, 2.45) is 0 Å². The Morgan fingerprint density at radius 3 is 2.53 bits per heavy atom. The molecule has 0 saturated carbocycles. The third kappa shape index (κ3) is 4.62. The molecule has 0 aliphatic carbocycles. The van der Waals surface area contributed by atoms with Crippen LogP contribution in [0.5, 0.6) is 11.5 Å². The third-order valence-corrected chi connectivity index (χ3v) is 6.49. The van der Waals surface area contributed by atoms with E-state index in [1.807, 2.05) is 67.7 Å². The third-order valence-electron chi connectivity index (χ3n) is 5.18. The van der Waals surface area contributed by atoms with Gasteiger partial charge in [-0.05, 0) is 41.3 Å². The summed E-state index contributed by atoms with van der Waals surface area (Å²) in [5.41, 5.74) is 3.37. The number of nitrogens with zero attached hydrogens (tertiary/aromatic N) is 1. The number of hydrogen-bond acceptors (Lipinski definition) is 4. The molecule has 5 heteroatoms. The maximum absolute atomic E-state index is 12.9. The van der Waals surface area contributed by atoms with Crippen LogP contribution < -0.4 is 9.47 Å². The summed E-state index contributed by atoms with van der Waals surface area (Å²) >= 11 is 1.66. The second kappa shape index (κ2) is 9.26. The van der Waals surface area contributed by atoms with E-state index in [1.165, 1.54) is 10.5 Å². The summed E-state index contributed by atoms with van der Waals surface area (Å²) in [6.45, 7) is 1.01. The van der Waals surface area contributed by atoms with E-state index in [1.54, 1.807) is 23.8 Å². The molecular weight excluding hydrogens is 394 g/mol. The topological polar surface area (TPSA) is 38.8 Å². The molecule has 1 unspecified atom stereocenters. The van der Waals surface area contributed by atoms with Crippen LogP contribution in [-0.2, 0) is 24.4 Å². The molecule has 0 radical (unpaired) electrons. The number of hydrogen-bond donors (Lipinski definition) is 0. The lowest BCUT2D eigenvalue weighted by molar-refractivity contribution is -0.129. The molecule has 0 fully saturated rings. The number of rotatable bonds is 7. The molecule has 0 aromatic heterocycles. The summed E-state index contributed by atoms with van der Waals surface area (Å²) in [5, 5.41) is -0.0530. The zero-order valence-electron chi connectivity index (χ0n) is 17.2. The zero-order chi connectivity index (χ0) is 20.9. The smallest absolute Gasteiger partial charge is 0.236 e. The molecular formula is C25H25NO3S. The van der Waals surface area contributed by atoms with Gasteiger partial charge in [0.1, 0.15) is 6.61 Å². The predicted octanol–water partition coefficient (Wildman–Crippen LogP) is 4.95. The van der Waals surface area contributed by atoms with E-state index < -0.39 is 0 Å². The normalized spacial score (nSPS) is 14.8. The maximum Gasteiger partial charge on any atom is 0.236 e. The second-order valence-electron chi connectivity index (χ2n) is 7.37. The van der Waals surface area contributed by atoms with Gasteiger partial charge in [-0.15, -0.1) is 11.8 Å². The fraction of sp³-hybridized carbons (Fsp3) is 0.240. The molecule has 1 heterocycles. The molecule has 1 atom stereocenters. The molecule has 1 aliphatic rings. The van der Waals surface area contributed by atoms with Gasteiger partial charge in [-0.25, -0.2) is 0 Å². The number of carbonyl (C=O) groups excluding carboxylic acids is 1. The van der Waals surface area contributed by atoms with Crippen LogP contribution in [0.4, 0.5) is 0 Å². The van der Waals surface area contributed by atoms with Crippen molar-refractivity contribution in [1.82, 2.24) is 4.90 Å². The van der Waals surface area contributed by atoms with Crippen LogP contribution in [0.1, 0.15) is 16.7 Å². The minimum Gasteiger partial charge on any atom is -0.493 e. The average Bonchev–Trinajstić information content (AvgIpc) is 3.22. The highest BCUT2D eigenvalue weighted by atomic mass is 32.2. The largest absolute Gasteiger partial charge is 0.493 e. The molecule has 3 aromatic carbocycles. The molecule has 3 aromatic rings. The SMILES string of the molecule is COc1cc(CN(C)C(=O)C2Cc3ccccc3S2)ccc1OCc1ccccc1. The van der Waals surface area contributed by atoms with Crippen LogP contribution in [0.3, 0.4) is 0 Å². The Balaban J connectivity index is 1.38. The van der Waals surface area contributed by atoms with E-state index in [-0.39, 0.29) is 11.2 Å². The van der Waals surface area contributed by atoms with E-state index in [4.69, 9.17) is 9.47 Å². The van der Waals surface area contributed by atoms with E-state index in [2.05, 4.69) is 12.1 Å². The molecule has 4 rings (SSSR count). The van der Waals surface area contributed by atoms with Crippen molar-refractivity contribution < 1.29 is 14.3 Å². The summed E-state index contributed by atoms with van der Waals surface area (Å²) in [5.74, 6) is 1.52. The summed E-state index contributed by atoms with van der Waals surface area (Å²) in [4.78, 5) is 16.0. The molecule has 154 valence electrons. The van der Waals surface area contributed by atoms with Crippen LogP contribution in [0.25, 0.3) is 0 Å². The Hall–Kier alpha value is -2.92. The quantitative estimate of drug-likeness (QED) is 0.543. The molecule has 1 aliphatic heterocycles. The van der Waals surface area contributed by atoms with Gasteiger partial charge in [-0.1, -0.05) is 54.6 Å². The fourth-order valence-corrected chi connectivity index (χ4v) is 4.89. The number of amides is 1. The highest BCUT2D eigenvalue weighted by molar-refractivity contribution is 8.01. The highest BCUT2D eigenvalue weighted by Crippen LogP contribution is 2.37. The fourth-order valence-electron chi connectivity index (χ4n) is 3.58. The predicted molar refractivity (Wildman–Crippen MR) is 120 cm³/mol. The Morgan fingerprint density at radius 2 is 1.77 bits per heavy atom. The first-order valence-electron chi connectivity index (χ1n) is 9.97. The Labute approximate surface area is 181 Å². The number of carbonyl (C=O) groups is 1. The lowest BCUT2D eigenvalue weighted by Crippen LogP contribution is -2.34. The Kier molecular flexibility index (Phi) is 6.29. The van der Waals surface area contributed by atoms with Gasteiger partial charge in [0.15, 0.2) is 11.5 Å². The van der Waals surface area contributed by atoms with Crippen molar-refractivity contribution in [3.05, 3.63) is 89.5 Å². The number of benzene rings is 3. The van der Waals surface area contributed by atoms with Crippen LogP contribution in [0.15, 0.2) is 77.7 Å². The van der Waals surface area contributed by atoms with Gasteiger partial charge in [0.05, 0.1) is 12.4 Å². The van der Waals surface area contributed by atoms with Crippen molar-refractivity contribution in [3.63, 3.8) is 0 Å². The van der Waals surface area contributed by atoms with Crippen molar-refractivity contribution in [1.29, 1.82) is 0 Å². The first-order chi connectivity index (χ1) is 14.6. The van der Waals surface area contributed by atoms with Gasteiger partial charge >= 0.3 is 0 Å². The van der Waals surface area contributed by atoms with Gasteiger partial charge in [-0.3, -0.25) is 4.79 Å². The van der Waals surface area contributed by atoms with Crippen molar-refractivity contribution in [2.75, 3.05) is 14.2 Å². The van der Waals surface area contributed by atoms with Crippen LogP contribution in [0.2, 0.25) is 0 Å². The first kappa shape index (κ1) is 20.4. The zero-order valence-corrected chi connectivity index (χ0v) is 18.0. The van der Waals surface area contributed by atoms with Crippen LogP contribution in [-0.4, -0.2) is 30.2 Å². The minimum atomic E-state index is -0.0530. The van der Waals surface area contributed by atoms with Gasteiger partial charge in [0, 0.05) is 18.5 Å². The molecule has 0 N–H and O–H groups in total. The lowest BCUT2D eigenvalue weighted by atomic mass is 10.1. The first-order valence-corrected chi connectivity index (χ1v) is 10.8. The molecule has 0 spiro atoms. The van der Waals surface area contributed by atoms with Crippen molar-refractivity contribution in [3.8, 4) is 11.5 Å². The molecule has 4 nitrogen and oxygen atoms in total. The number of thioether (sulfide) groups is 1. The molecule has 0 saturated heterocycles. The van der Waals surface area contributed by atoms with Gasteiger partial charge < -0.3 is 14.4 Å². The van der Waals surface area contributed by atoms with E-state index in [0.717, 1.165) is 17.5 Å². The summed E-state index contributed by atoms with van der Waals surface area (Å²) in [6, 6.07) is 24.1. The molecule has 30 heavy (non-hydrogen) atoms. The van der Waals surface area contributed by atoms with Gasteiger partial charge in [0.2, 0.25) is 5.91 Å². The molecule has 1 amide bonds. The minimum absolute atomic E-state index is 0.0530. The number of ether oxygens (including phenoxy) is 2. The second-order valence-corrected chi connectivity index (χ2v) is 8.62. The van der Waals surface area contributed by atoms with Crippen molar-refractivity contribution in [2.45, 2.75) is 29.7 Å². The van der Waals surface area contributed by atoms with E-state index in [9.17, 15) is 4.79 Å².